The summed E-state index contributed by atoms with van der Waals surface area (Å²) in [5.41, 5.74) is 0.184. The Morgan fingerprint density at radius 2 is 1.70 bits per heavy atom. The molecule has 0 aromatic heterocycles. The number of nitrogens with zero attached hydrogens (tertiary/aromatic N) is 1. The summed E-state index contributed by atoms with van der Waals surface area (Å²) in [4.78, 5) is 12.6. The van der Waals surface area contributed by atoms with Crippen molar-refractivity contribution in [3.63, 3.8) is 0 Å². The molecule has 7 heteroatoms. The summed E-state index contributed by atoms with van der Waals surface area (Å²) in [5.74, 6) is -0.507. The largest absolute Gasteiger partial charge is 0.486 e. The van der Waals surface area contributed by atoms with Gasteiger partial charge in [0.25, 0.3) is 0 Å². The minimum atomic E-state index is -4.38. The van der Waals surface area contributed by atoms with Crippen molar-refractivity contribution in [1.82, 2.24) is 4.90 Å². The molecule has 0 spiro atoms. The smallest absolute Gasteiger partial charge is 0.416 e. The maximum atomic E-state index is 12.7. The molecular weight excluding hydrogens is 359 g/mol. The lowest BCUT2D eigenvalue weighted by atomic mass is 10.1. The van der Waals surface area contributed by atoms with Gasteiger partial charge in [0.05, 0.1) is 12.0 Å². The lowest BCUT2D eigenvalue weighted by Gasteiger charge is -2.23. The first-order valence-electron chi connectivity index (χ1n) is 8.55. The molecular formula is C20H22F3NO3. The molecule has 2 rings (SSSR count). The molecule has 0 aliphatic rings. The second-order valence-electron chi connectivity index (χ2n) is 6.28. The van der Waals surface area contributed by atoms with Gasteiger partial charge in [-0.1, -0.05) is 30.3 Å². The molecule has 146 valence electrons. The third kappa shape index (κ3) is 6.94. The first-order chi connectivity index (χ1) is 12.8. The molecule has 0 amide bonds. The van der Waals surface area contributed by atoms with Crippen LogP contribution in [0.25, 0.3) is 0 Å². The standard InChI is InChI=1S/C20H22F3NO3/c1-24(14-12-19(25)26)13-11-18(15-5-3-2-4-6-15)27-17-9-7-16(8-10-17)20(21,22)23/h2-10,18H,11-14H2,1H3,(H,25,26)/t18-/m0/s1. The number of halogens is 3. The summed E-state index contributed by atoms with van der Waals surface area (Å²) in [7, 11) is 1.82. The highest BCUT2D eigenvalue weighted by Crippen LogP contribution is 2.32. The Morgan fingerprint density at radius 3 is 2.26 bits per heavy atom. The Hall–Kier alpha value is -2.54. The molecule has 4 nitrogen and oxygen atoms in total. The number of hydrogen-bond acceptors (Lipinski definition) is 3. The molecule has 0 aliphatic carbocycles. The number of benzene rings is 2. The van der Waals surface area contributed by atoms with Crippen LogP contribution in [-0.2, 0) is 11.0 Å². The van der Waals surface area contributed by atoms with Gasteiger partial charge in [-0.25, -0.2) is 0 Å². The Balaban J connectivity index is 2.06. The van der Waals surface area contributed by atoms with Gasteiger partial charge < -0.3 is 14.7 Å². The third-order valence-corrected chi connectivity index (χ3v) is 4.11. The van der Waals surface area contributed by atoms with Crippen LogP contribution in [0, 0.1) is 0 Å². The van der Waals surface area contributed by atoms with E-state index in [1.165, 1.54) is 12.1 Å². The van der Waals surface area contributed by atoms with Gasteiger partial charge >= 0.3 is 12.1 Å². The summed E-state index contributed by atoms with van der Waals surface area (Å²) in [6.45, 7) is 1.00. The van der Waals surface area contributed by atoms with Crippen LogP contribution < -0.4 is 4.74 Å². The second-order valence-corrected chi connectivity index (χ2v) is 6.28. The molecule has 0 radical (unpaired) electrons. The first kappa shape index (κ1) is 20.8. The minimum absolute atomic E-state index is 0.0479. The van der Waals surface area contributed by atoms with Crippen molar-refractivity contribution in [2.45, 2.75) is 25.1 Å². The summed E-state index contributed by atoms with van der Waals surface area (Å²) in [6, 6.07) is 14.0. The molecule has 0 aliphatic heterocycles. The molecule has 0 heterocycles. The Bertz CT molecular complexity index is 718. The van der Waals surface area contributed by atoms with Crippen LogP contribution >= 0.6 is 0 Å². The fourth-order valence-corrected chi connectivity index (χ4v) is 2.58. The van der Waals surface area contributed by atoms with Gasteiger partial charge in [0.1, 0.15) is 11.9 Å². The fourth-order valence-electron chi connectivity index (χ4n) is 2.58. The van der Waals surface area contributed by atoms with Crippen LogP contribution in [0.1, 0.15) is 30.1 Å². The van der Waals surface area contributed by atoms with E-state index >= 15 is 0 Å². The summed E-state index contributed by atoms with van der Waals surface area (Å²) >= 11 is 0. The van der Waals surface area contributed by atoms with Crippen molar-refractivity contribution < 1.29 is 27.8 Å². The van der Waals surface area contributed by atoms with Crippen molar-refractivity contribution in [3.8, 4) is 5.75 Å². The van der Waals surface area contributed by atoms with Crippen LogP contribution in [0.5, 0.6) is 5.75 Å². The van der Waals surface area contributed by atoms with E-state index in [4.69, 9.17) is 9.84 Å². The molecule has 1 atom stereocenters. The second kappa shape index (κ2) is 9.41. The van der Waals surface area contributed by atoms with Gasteiger partial charge in [-0.05, 0) is 36.9 Å². The Kier molecular flexibility index (Phi) is 7.24. The normalized spacial score (nSPS) is 12.8. The van der Waals surface area contributed by atoms with Gasteiger partial charge in [-0.15, -0.1) is 0 Å². The van der Waals surface area contributed by atoms with Gasteiger partial charge in [0.15, 0.2) is 0 Å². The highest BCUT2D eigenvalue weighted by molar-refractivity contribution is 5.66. The lowest BCUT2D eigenvalue weighted by Crippen LogP contribution is -2.25. The Morgan fingerprint density at radius 1 is 1.07 bits per heavy atom. The maximum absolute atomic E-state index is 12.7. The fraction of sp³-hybridized carbons (Fsp3) is 0.350. The predicted molar refractivity (Wildman–Crippen MR) is 95.6 cm³/mol. The number of alkyl halides is 3. The Labute approximate surface area is 156 Å². The van der Waals surface area contributed by atoms with E-state index in [1.807, 2.05) is 42.3 Å². The van der Waals surface area contributed by atoms with Crippen LogP contribution in [0.15, 0.2) is 54.6 Å². The molecule has 0 unspecified atom stereocenters. The quantitative estimate of drug-likeness (QED) is 0.689. The zero-order valence-electron chi connectivity index (χ0n) is 14.9. The van der Waals surface area contributed by atoms with Gasteiger partial charge in [-0.3, -0.25) is 4.79 Å². The van der Waals surface area contributed by atoms with Crippen LogP contribution in [0.3, 0.4) is 0 Å². The van der Waals surface area contributed by atoms with E-state index in [0.717, 1.165) is 17.7 Å². The first-order valence-corrected chi connectivity index (χ1v) is 8.55. The van der Waals surface area contributed by atoms with Crippen LogP contribution in [0.4, 0.5) is 13.2 Å². The van der Waals surface area contributed by atoms with Crippen LogP contribution in [0.2, 0.25) is 0 Å². The predicted octanol–water partition coefficient (Wildman–Crippen LogP) is 4.62. The average molecular weight is 381 g/mol. The lowest BCUT2D eigenvalue weighted by molar-refractivity contribution is -0.138. The highest BCUT2D eigenvalue weighted by atomic mass is 19.4. The SMILES string of the molecule is CN(CCC(=O)O)CC[C@H](Oc1ccc(C(F)(F)F)cc1)c1ccccc1. The monoisotopic (exact) mass is 381 g/mol. The number of rotatable bonds is 9. The molecule has 27 heavy (non-hydrogen) atoms. The van der Waals surface area contributed by atoms with Crippen molar-refractivity contribution in [3.05, 3.63) is 65.7 Å². The molecule has 2 aromatic rings. The van der Waals surface area contributed by atoms with E-state index in [1.54, 1.807) is 0 Å². The number of carbonyl (C=O) groups is 1. The van der Waals surface area contributed by atoms with Crippen molar-refractivity contribution in [1.29, 1.82) is 0 Å². The molecule has 0 saturated heterocycles. The summed E-state index contributed by atoms with van der Waals surface area (Å²) in [6.07, 6.45) is -4.12. The van der Waals surface area contributed by atoms with Gasteiger partial charge in [-0.2, -0.15) is 13.2 Å². The van der Waals surface area contributed by atoms with Gasteiger partial charge in [0.2, 0.25) is 0 Å². The number of carboxylic acid groups (broad SMARTS) is 1. The zero-order valence-corrected chi connectivity index (χ0v) is 14.9. The molecule has 2 aromatic carbocycles. The zero-order chi connectivity index (χ0) is 19.9. The van der Waals surface area contributed by atoms with E-state index in [-0.39, 0.29) is 12.5 Å². The number of ether oxygens (including phenoxy) is 1. The molecule has 1 N–H and O–H groups in total. The number of carboxylic acids is 1. The van der Waals surface area contributed by atoms with Crippen molar-refractivity contribution >= 4 is 5.97 Å². The van der Waals surface area contributed by atoms with Gasteiger partial charge in [0, 0.05) is 19.5 Å². The van der Waals surface area contributed by atoms with E-state index in [0.29, 0.717) is 25.3 Å². The third-order valence-electron chi connectivity index (χ3n) is 4.11. The number of hydrogen-bond donors (Lipinski definition) is 1. The topological polar surface area (TPSA) is 49.8 Å². The molecule has 0 saturated carbocycles. The van der Waals surface area contributed by atoms with E-state index in [9.17, 15) is 18.0 Å². The van der Waals surface area contributed by atoms with Crippen molar-refractivity contribution in [2.75, 3.05) is 20.1 Å². The maximum Gasteiger partial charge on any atom is 0.416 e. The highest BCUT2D eigenvalue weighted by Gasteiger charge is 2.30. The van der Waals surface area contributed by atoms with Crippen LogP contribution in [-0.4, -0.2) is 36.1 Å². The summed E-state index contributed by atoms with van der Waals surface area (Å²) in [5, 5.41) is 8.76. The average Bonchev–Trinajstić information content (AvgIpc) is 2.63. The van der Waals surface area contributed by atoms with Crippen molar-refractivity contribution in [2.24, 2.45) is 0 Å². The molecule has 0 bridgehead atoms. The van der Waals surface area contributed by atoms with E-state index < -0.39 is 17.7 Å². The van der Waals surface area contributed by atoms with E-state index in [2.05, 4.69) is 0 Å². The minimum Gasteiger partial charge on any atom is -0.486 e. The molecule has 0 fully saturated rings. The summed E-state index contributed by atoms with van der Waals surface area (Å²) < 4.78 is 44.0. The number of aliphatic carboxylic acids is 1.